The number of hydrogen-bond donors (Lipinski definition) is 0. The number of fused-ring (bicyclic) bond motifs is 1. The molecular formula is C22H24N2O6S2. The first kappa shape index (κ1) is 23.7. The molecule has 2 aromatic carbocycles. The number of hydrogen-bond acceptors (Lipinski definition) is 7. The Balaban J connectivity index is 1.85. The van der Waals surface area contributed by atoms with Gasteiger partial charge in [-0.2, -0.15) is 4.99 Å². The Kier molecular flexibility index (Phi) is 7.47. The summed E-state index contributed by atoms with van der Waals surface area (Å²) in [4.78, 5) is 29.1. The summed E-state index contributed by atoms with van der Waals surface area (Å²) in [5, 5.41) is 0. The van der Waals surface area contributed by atoms with Gasteiger partial charge in [0.1, 0.15) is 12.3 Å². The lowest BCUT2D eigenvalue weighted by molar-refractivity contribution is -0.143. The summed E-state index contributed by atoms with van der Waals surface area (Å²) in [5.41, 5.74) is 1.79. The van der Waals surface area contributed by atoms with Crippen molar-refractivity contribution in [2.45, 2.75) is 31.7 Å². The van der Waals surface area contributed by atoms with Crippen LogP contribution in [0.5, 0.6) is 5.75 Å². The molecule has 0 aliphatic rings. The number of nitrogens with zero attached hydrogens (tertiary/aromatic N) is 2. The maximum atomic E-state index is 12.6. The molecule has 8 nitrogen and oxygen atoms in total. The number of ether oxygens (including phenoxy) is 2. The molecule has 0 spiro atoms. The van der Waals surface area contributed by atoms with Crippen LogP contribution in [0.2, 0.25) is 0 Å². The van der Waals surface area contributed by atoms with Crippen molar-refractivity contribution in [3.05, 3.63) is 52.8 Å². The summed E-state index contributed by atoms with van der Waals surface area (Å²) in [5.74, 6) is -0.850. The van der Waals surface area contributed by atoms with Gasteiger partial charge >= 0.3 is 5.97 Å². The lowest BCUT2D eigenvalue weighted by Crippen LogP contribution is -2.23. The van der Waals surface area contributed by atoms with Crippen LogP contribution in [0.1, 0.15) is 18.9 Å². The largest absolute Gasteiger partial charge is 0.497 e. The standard InChI is InChI=1S/C22H24N2O6S2/c1-4-30-21(26)14-24-18-10-5-15(2)13-19(18)31-22(24)23-20(25)11-12-32(27,28)17-8-6-16(29-3)7-9-17/h5-10,13H,4,11-12,14H2,1-3H3. The number of sulfone groups is 1. The topological polar surface area (TPSA) is 104 Å². The number of aryl methyl sites for hydroxylation is 1. The van der Waals surface area contributed by atoms with Crippen molar-refractivity contribution in [2.24, 2.45) is 4.99 Å². The first-order valence-electron chi connectivity index (χ1n) is 9.93. The van der Waals surface area contributed by atoms with Crippen molar-refractivity contribution in [3.63, 3.8) is 0 Å². The molecule has 3 aromatic rings. The van der Waals surface area contributed by atoms with E-state index >= 15 is 0 Å². The number of esters is 1. The predicted molar refractivity (Wildman–Crippen MR) is 121 cm³/mol. The highest BCUT2D eigenvalue weighted by Crippen LogP contribution is 2.20. The van der Waals surface area contributed by atoms with Gasteiger partial charge in [-0.3, -0.25) is 9.59 Å². The van der Waals surface area contributed by atoms with Crippen LogP contribution in [-0.2, 0) is 30.7 Å². The van der Waals surface area contributed by atoms with Crippen molar-refractivity contribution in [2.75, 3.05) is 19.5 Å². The molecule has 0 saturated carbocycles. The molecule has 3 rings (SSSR count). The molecule has 0 fully saturated rings. The smallest absolute Gasteiger partial charge is 0.326 e. The zero-order valence-corrected chi connectivity index (χ0v) is 19.7. The Morgan fingerprint density at radius 2 is 1.84 bits per heavy atom. The first-order valence-corrected chi connectivity index (χ1v) is 12.4. The fourth-order valence-electron chi connectivity index (χ4n) is 3.04. The minimum Gasteiger partial charge on any atom is -0.497 e. The molecule has 32 heavy (non-hydrogen) atoms. The van der Waals surface area contributed by atoms with Crippen molar-refractivity contribution in [3.8, 4) is 5.75 Å². The highest BCUT2D eigenvalue weighted by atomic mass is 32.2. The van der Waals surface area contributed by atoms with Crippen molar-refractivity contribution >= 4 is 43.3 Å². The van der Waals surface area contributed by atoms with Gasteiger partial charge in [0.25, 0.3) is 0 Å². The quantitative estimate of drug-likeness (QED) is 0.463. The van der Waals surface area contributed by atoms with Gasteiger partial charge in [0.15, 0.2) is 14.6 Å². The minimum absolute atomic E-state index is 0.0901. The Labute approximate surface area is 190 Å². The lowest BCUT2D eigenvalue weighted by Gasteiger charge is -2.06. The summed E-state index contributed by atoms with van der Waals surface area (Å²) < 4.78 is 37.7. The Hall–Kier alpha value is -2.98. The second kappa shape index (κ2) is 10.1. The van der Waals surface area contributed by atoms with Crippen LogP contribution in [0.3, 0.4) is 0 Å². The van der Waals surface area contributed by atoms with Gasteiger partial charge in [0, 0.05) is 6.42 Å². The lowest BCUT2D eigenvalue weighted by atomic mass is 10.2. The molecule has 0 N–H and O–H groups in total. The van der Waals surface area contributed by atoms with Gasteiger partial charge in [0.05, 0.1) is 34.6 Å². The molecule has 10 heteroatoms. The van der Waals surface area contributed by atoms with Crippen molar-refractivity contribution in [1.82, 2.24) is 4.57 Å². The van der Waals surface area contributed by atoms with E-state index in [1.54, 1.807) is 23.6 Å². The van der Waals surface area contributed by atoms with Crippen LogP contribution in [0.4, 0.5) is 0 Å². The van der Waals surface area contributed by atoms with E-state index in [4.69, 9.17) is 9.47 Å². The second-order valence-corrected chi connectivity index (χ2v) is 10.1. The maximum absolute atomic E-state index is 12.6. The van der Waals surface area contributed by atoms with E-state index in [9.17, 15) is 18.0 Å². The Morgan fingerprint density at radius 3 is 2.50 bits per heavy atom. The molecule has 1 amide bonds. The molecule has 0 bridgehead atoms. The molecule has 0 aliphatic carbocycles. The van der Waals surface area contributed by atoms with Crippen LogP contribution >= 0.6 is 11.3 Å². The number of benzene rings is 2. The fraction of sp³-hybridized carbons (Fsp3) is 0.318. The Bertz CT molecular complexity index is 1300. The van der Waals surface area contributed by atoms with Gasteiger partial charge in [-0.05, 0) is 55.8 Å². The molecule has 0 aliphatic heterocycles. The van der Waals surface area contributed by atoms with Crippen LogP contribution in [0.25, 0.3) is 10.2 Å². The average Bonchev–Trinajstić information content (AvgIpc) is 3.08. The number of thiazole rings is 1. The van der Waals surface area contributed by atoms with E-state index < -0.39 is 21.7 Å². The molecule has 0 unspecified atom stereocenters. The van der Waals surface area contributed by atoms with Crippen molar-refractivity contribution in [1.29, 1.82) is 0 Å². The molecule has 1 heterocycles. The molecule has 0 saturated heterocycles. The second-order valence-electron chi connectivity index (χ2n) is 7.00. The zero-order valence-electron chi connectivity index (χ0n) is 18.0. The fourth-order valence-corrected chi connectivity index (χ4v) is 5.41. The number of aromatic nitrogens is 1. The van der Waals surface area contributed by atoms with Gasteiger partial charge in [0.2, 0.25) is 5.91 Å². The van der Waals surface area contributed by atoms with Crippen molar-refractivity contribution < 1.29 is 27.5 Å². The number of carbonyl (C=O) groups excluding carboxylic acids is 2. The monoisotopic (exact) mass is 476 g/mol. The number of amides is 1. The summed E-state index contributed by atoms with van der Waals surface area (Å²) in [7, 11) is -2.16. The van der Waals surface area contributed by atoms with E-state index in [1.165, 1.54) is 30.6 Å². The predicted octanol–water partition coefficient (Wildman–Crippen LogP) is 2.87. The highest BCUT2D eigenvalue weighted by molar-refractivity contribution is 7.91. The zero-order chi connectivity index (χ0) is 23.3. The highest BCUT2D eigenvalue weighted by Gasteiger charge is 2.17. The van der Waals surface area contributed by atoms with Crippen LogP contribution in [-0.4, -0.2) is 44.3 Å². The number of carbonyl (C=O) groups is 2. The molecule has 0 atom stereocenters. The van der Waals surface area contributed by atoms with E-state index in [1.807, 2.05) is 25.1 Å². The summed E-state index contributed by atoms with van der Waals surface area (Å²) in [6.45, 7) is 3.82. The molecular weight excluding hydrogens is 452 g/mol. The van der Waals surface area contributed by atoms with Gasteiger partial charge < -0.3 is 14.0 Å². The third-order valence-corrected chi connectivity index (χ3v) is 7.43. The molecule has 170 valence electrons. The van der Waals surface area contributed by atoms with Crippen LogP contribution in [0, 0.1) is 6.92 Å². The molecule has 0 radical (unpaired) electrons. The SMILES string of the molecule is CCOC(=O)Cn1c(=NC(=O)CCS(=O)(=O)c2ccc(OC)cc2)sc2cc(C)ccc21. The number of rotatable bonds is 8. The summed E-state index contributed by atoms with van der Waals surface area (Å²) in [6, 6.07) is 11.7. The normalized spacial score (nSPS) is 12.2. The van der Waals surface area contributed by atoms with Crippen LogP contribution < -0.4 is 9.54 Å². The number of methoxy groups -OCH3 is 1. The third kappa shape index (κ3) is 5.63. The van der Waals surface area contributed by atoms with Gasteiger partial charge in [-0.25, -0.2) is 8.42 Å². The summed E-state index contributed by atoms with van der Waals surface area (Å²) in [6.07, 6.45) is -0.277. The van der Waals surface area contributed by atoms with E-state index in [2.05, 4.69) is 4.99 Å². The summed E-state index contributed by atoms with van der Waals surface area (Å²) >= 11 is 1.26. The first-order chi connectivity index (χ1) is 15.2. The third-order valence-electron chi connectivity index (χ3n) is 4.65. The minimum atomic E-state index is -3.65. The van der Waals surface area contributed by atoms with Gasteiger partial charge in [-0.15, -0.1) is 0 Å². The van der Waals surface area contributed by atoms with E-state index in [-0.39, 0.29) is 30.2 Å². The maximum Gasteiger partial charge on any atom is 0.326 e. The van der Waals surface area contributed by atoms with Crippen LogP contribution in [0.15, 0.2) is 52.4 Å². The van der Waals surface area contributed by atoms with E-state index in [0.29, 0.717) is 10.6 Å². The Morgan fingerprint density at radius 1 is 1.12 bits per heavy atom. The average molecular weight is 477 g/mol. The van der Waals surface area contributed by atoms with E-state index in [0.717, 1.165) is 15.8 Å². The molecule has 1 aromatic heterocycles. The van der Waals surface area contributed by atoms with Gasteiger partial charge in [-0.1, -0.05) is 17.4 Å².